The maximum atomic E-state index is 13.1. The summed E-state index contributed by atoms with van der Waals surface area (Å²) in [6.45, 7) is 0. The molecule has 0 saturated carbocycles. The van der Waals surface area contributed by atoms with E-state index in [1.165, 1.54) is 6.07 Å². The number of nitrogens with zero attached hydrogens (tertiary/aromatic N) is 3. The summed E-state index contributed by atoms with van der Waals surface area (Å²) in [6.07, 6.45) is 0. The smallest absolute Gasteiger partial charge is 0.340 e. The van der Waals surface area contributed by atoms with Crippen molar-refractivity contribution in [1.82, 2.24) is 0 Å². The highest BCUT2D eigenvalue weighted by Crippen LogP contribution is 2.20. The summed E-state index contributed by atoms with van der Waals surface area (Å²) in [4.78, 5) is 11.5. The number of allylic oxidation sites excluding steroid dienone is 2. The molecule has 0 spiro atoms. The largest absolute Gasteiger partial charge is 0.465 e. The molecular weight excluding hydrogens is 263 g/mol. The number of carbonyl (C=O) groups excluding carboxylic acids is 1. The molecule has 0 bridgehead atoms. The second kappa shape index (κ2) is 6.53. The van der Waals surface area contributed by atoms with E-state index in [0.717, 1.165) is 19.2 Å². The quantitative estimate of drug-likeness (QED) is 0.663. The fourth-order valence-electron chi connectivity index (χ4n) is 1.32. The second-order valence-electron chi connectivity index (χ2n) is 3.39. The van der Waals surface area contributed by atoms with Gasteiger partial charge in [-0.2, -0.15) is 15.8 Å². The van der Waals surface area contributed by atoms with E-state index in [1.54, 1.807) is 18.2 Å². The van der Waals surface area contributed by atoms with E-state index in [1.807, 2.05) is 0 Å². The Bertz CT molecular complexity index is 689. The standard InChI is InChI=1S/C13H7FN4O2/c1-20-13(19)10-4-9(14)2-3-11(10)18-12(7-17)8(5-15)6-16/h2-4,18H,1H3. The lowest BCUT2D eigenvalue weighted by Gasteiger charge is -2.09. The Morgan fingerprint density at radius 3 is 2.40 bits per heavy atom. The lowest BCUT2D eigenvalue weighted by Crippen LogP contribution is -2.09. The Labute approximate surface area is 113 Å². The number of anilines is 1. The van der Waals surface area contributed by atoms with Gasteiger partial charge >= 0.3 is 5.97 Å². The Morgan fingerprint density at radius 2 is 1.90 bits per heavy atom. The van der Waals surface area contributed by atoms with Crippen LogP contribution in [0.4, 0.5) is 10.1 Å². The van der Waals surface area contributed by atoms with Crippen LogP contribution in [-0.4, -0.2) is 13.1 Å². The third kappa shape index (κ3) is 3.10. The van der Waals surface area contributed by atoms with Crippen LogP contribution >= 0.6 is 0 Å². The van der Waals surface area contributed by atoms with Crippen molar-refractivity contribution < 1.29 is 13.9 Å². The van der Waals surface area contributed by atoms with Crippen molar-refractivity contribution in [3.8, 4) is 18.2 Å². The molecule has 7 heteroatoms. The summed E-state index contributed by atoms with van der Waals surface area (Å²) in [5, 5.41) is 28.7. The Kier molecular flexibility index (Phi) is 4.80. The molecule has 1 aromatic rings. The molecule has 0 aromatic heterocycles. The summed E-state index contributed by atoms with van der Waals surface area (Å²) in [7, 11) is 1.12. The maximum Gasteiger partial charge on any atom is 0.340 e. The van der Waals surface area contributed by atoms with Gasteiger partial charge in [0.1, 0.15) is 29.7 Å². The molecule has 0 unspecified atom stereocenters. The zero-order valence-corrected chi connectivity index (χ0v) is 10.3. The fraction of sp³-hybridized carbons (Fsp3) is 0.0769. The third-order valence-electron chi connectivity index (χ3n) is 2.23. The summed E-state index contributed by atoms with van der Waals surface area (Å²) in [5.41, 5.74) is -0.896. The van der Waals surface area contributed by atoms with Crippen LogP contribution in [0.2, 0.25) is 0 Å². The summed E-state index contributed by atoms with van der Waals surface area (Å²) < 4.78 is 17.6. The molecule has 98 valence electrons. The number of benzene rings is 1. The average Bonchev–Trinajstić information content (AvgIpc) is 2.47. The highest BCUT2D eigenvalue weighted by Gasteiger charge is 2.15. The number of esters is 1. The van der Waals surface area contributed by atoms with E-state index >= 15 is 0 Å². The highest BCUT2D eigenvalue weighted by atomic mass is 19.1. The number of halogens is 1. The maximum absolute atomic E-state index is 13.1. The zero-order chi connectivity index (χ0) is 15.1. The van der Waals surface area contributed by atoms with E-state index in [-0.39, 0.29) is 16.9 Å². The highest BCUT2D eigenvalue weighted by molar-refractivity contribution is 5.96. The predicted molar refractivity (Wildman–Crippen MR) is 65.2 cm³/mol. The molecule has 1 N–H and O–H groups in total. The van der Waals surface area contributed by atoms with Crippen LogP contribution in [-0.2, 0) is 4.74 Å². The fourth-order valence-corrected chi connectivity index (χ4v) is 1.32. The lowest BCUT2D eigenvalue weighted by molar-refractivity contribution is 0.0601. The number of rotatable bonds is 3. The number of hydrogen-bond acceptors (Lipinski definition) is 6. The van der Waals surface area contributed by atoms with Gasteiger partial charge in [-0.05, 0) is 18.2 Å². The molecule has 0 aliphatic heterocycles. The minimum Gasteiger partial charge on any atom is -0.465 e. The first-order chi connectivity index (χ1) is 9.57. The molecule has 0 amide bonds. The van der Waals surface area contributed by atoms with E-state index in [2.05, 4.69) is 10.1 Å². The summed E-state index contributed by atoms with van der Waals surface area (Å²) in [5.74, 6) is -1.49. The van der Waals surface area contributed by atoms with Gasteiger partial charge in [0.05, 0.1) is 18.4 Å². The monoisotopic (exact) mass is 270 g/mol. The first kappa shape index (κ1) is 14.7. The van der Waals surface area contributed by atoms with Crippen molar-refractivity contribution in [3.63, 3.8) is 0 Å². The number of nitrogens with one attached hydrogen (secondary N) is 1. The van der Waals surface area contributed by atoms with Gasteiger partial charge in [0.15, 0.2) is 5.57 Å². The molecule has 0 aliphatic rings. The van der Waals surface area contributed by atoms with Crippen LogP contribution in [0.5, 0.6) is 0 Å². The Balaban J connectivity index is 3.34. The first-order valence-electron chi connectivity index (χ1n) is 5.16. The number of hydrogen-bond donors (Lipinski definition) is 1. The topological polar surface area (TPSA) is 110 Å². The van der Waals surface area contributed by atoms with Gasteiger partial charge in [-0.15, -0.1) is 0 Å². The van der Waals surface area contributed by atoms with E-state index in [9.17, 15) is 9.18 Å². The molecule has 0 atom stereocenters. The molecule has 0 saturated heterocycles. The minimum atomic E-state index is -0.820. The van der Waals surface area contributed by atoms with Crippen molar-refractivity contribution >= 4 is 11.7 Å². The summed E-state index contributed by atoms with van der Waals surface area (Å²) in [6, 6.07) is 7.89. The van der Waals surface area contributed by atoms with Gasteiger partial charge < -0.3 is 10.1 Å². The van der Waals surface area contributed by atoms with Gasteiger partial charge in [-0.1, -0.05) is 0 Å². The molecule has 1 rings (SSSR count). The van der Waals surface area contributed by atoms with E-state index < -0.39 is 17.4 Å². The van der Waals surface area contributed by atoms with E-state index in [4.69, 9.17) is 15.8 Å². The predicted octanol–water partition coefficient (Wildman–Crippen LogP) is 1.85. The lowest BCUT2D eigenvalue weighted by atomic mass is 10.1. The molecular formula is C13H7FN4O2. The second-order valence-corrected chi connectivity index (χ2v) is 3.39. The van der Waals surface area contributed by atoms with Crippen LogP contribution in [0.3, 0.4) is 0 Å². The third-order valence-corrected chi connectivity index (χ3v) is 2.23. The molecule has 0 radical (unpaired) electrons. The normalized spacial score (nSPS) is 8.55. The molecule has 0 fully saturated rings. The van der Waals surface area contributed by atoms with Gasteiger partial charge in [-0.25, -0.2) is 9.18 Å². The van der Waals surface area contributed by atoms with Crippen LogP contribution in [0, 0.1) is 39.8 Å². The van der Waals surface area contributed by atoms with Crippen LogP contribution in [0.1, 0.15) is 10.4 Å². The molecule has 20 heavy (non-hydrogen) atoms. The molecule has 1 aromatic carbocycles. The van der Waals surface area contributed by atoms with Gasteiger partial charge in [0, 0.05) is 0 Å². The first-order valence-corrected chi connectivity index (χ1v) is 5.16. The summed E-state index contributed by atoms with van der Waals surface area (Å²) >= 11 is 0. The Morgan fingerprint density at radius 1 is 1.25 bits per heavy atom. The van der Waals surface area contributed by atoms with Crippen LogP contribution in [0.15, 0.2) is 29.5 Å². The van der Waals surface area contributed by atoms with E-state index in [0.29, 0.717) is 0 Å². The van der Waals surface area contributed by atoms with Crippen LogP contribution < -0.4 is 5.32 Å². The zero-order valence-electron chi connectivity index (χ0n) is 10.3. The van der Waals surface area contributed by atoms with Crippen molar-refractivity contribution in [1.29, 1.82) is 15.8 Å². The SMILES string of the molecule is COC(=O)c1cc(F)ccc1NC(C#N)=C(C#N)C#N. The van der Waals surface area contributed by atoms with Crippen molar-refractivity contribution in [2.24, 2.45) is 0 Å². The van der Waals surface area contributed by atoms with Gasteiger partial charge in [-0.3, -0.25) is 0 Å². The van der Waals surface area contributed by atoms with Crippen molar-refractivity contribution in [2.45, 2.75) is 0 Å². The number of ether oxygens (including phenoxy) is 1. The van der Waals surface area contributed by atoms with Crippen LogP contribution in [0.25, 0.3) is 0 Å². The van der Waals surface area contributed by atoms with Gasteiger partial charge in [0.25, 0.3) is 0 Å². The molecule has 0 aliphatic carbocycles. The average molecular weight is 270 g/mol. The van der Waals surface area contributed by atoms with Crippen molar-refractivity contribution in [2.75, 3.05) is 12.4 Å². The molecule has 6 nitrogen and oxygen atoms in total. The number of methoxy groups -OCH3 is 1. The number of nitriles is 3. The Hall–Kier alpha value is -3.37. The van der Waals surface area contributed by atoms with Crippen molar-refractivity contribution in [3.05, 3.63) is 40.8 Å². The number of carbonyl (C=O) groups is 1. The molecule has 0 heterocycles. The van der Waals surface area contributed by atoms with Gasteiger partial charge in [0.2, 0.25) is 0 Å². The minimum absolute atomic E-state index is 0.0535.